The SMILES string of the molecule is CCCCC(C(=O)OC)N(CC)CC(CC)CC. The largest absolute Gasteiger partial charge is 0.468 e. The molecule has 0 aliphatic heterocycles. The highest BCUT2D eigenvalue weighted by molar-refractivity contribution is 5.75. The second-order valence-corrected chi connectivity index (χ2v) is 4.95. The van der Waals surface area contributed by atoms with E-state index in [2.05, 4.69) is 32.6 Å². The maximum atomic E-state index is 11.9. The van der Waals surface area contributed by atoms with Crippen molar-refractivity contribution in [3.8, 4) is 0 Å². The van der Waals surface area contributed by atoms with Crippen molar-refractivity contribution >= 4 is 5.97 Å². The second kappa shape index (κ2) is 10.4. The zero-order chi connectivity index (χ0) is 14.0. The fraction of sp³-hybridized carbons (Fsp3) is 0.933. The molecule has 1 unspecified atom stereocenters. The number of methoxy groups -OCH3 is 1. The van der Waals surface area contributed by atoms with E-state index >= 15 is 0 Å². The number of nitrogens with zero attached hydrogens (tertiary/aromatic N) is 1. The van der Waals surface area contributed by atoms with Crippen molar-refractivity contribution in [2.24, 2.45) is 5.92 Å². The Balaban J connectivity index is 4.62. The van der Waals surface area contributed by atoms with Crippen LogP contribution in [0.15, 0.2) is 0 Å². The molecule has 18 heavy (non-hydrogen) atoms. The van der Waals surface area contributed by atoms with Gasteiger partial charge in [0.15, 0.2) is 0 Å². The van der Waals surface area contributed by atoms with E-state index in [1.165, 1.54) is 20.0 Å². The van der Waals surface area contributed by atoms with Gasteiger partial charge in [0.2, 0.25) is 0 Å². The Morgan fingerprint density at radius 2 is 1.78 bits per heavy atom. The van der Waals surface area contributed by atoms with Crippen LogP contribution in [0, 0.1) is 5.92 Å². The molecule has 0 heterocycles. The van der Waals surface area contributed by atoms with E-state index in [0.717, 1.165) is 32.4 Å². The van der Waals surface area contributed by atoms with Gasteiger partial charge in [0, 0.05) is 6.54 Å². The third kappa shape index (κ3) is 5.85. The summed E-state index contributed by atoms with van der Waals surface area (Å²) in [7, 11) is 1.49. The fourth-order valence-corrected chi connectivity index (χ4v) is 2.34. The van der Waals surface area contributed by atoms with Gasteiger partial charge in [-0.15, -0.1) is 0 Å². The predicted octanol–water partition coefficient (Wildman–Crippen LogP) is 3.48. The molecule has 0 radical (unpaired) electrons. The number of hydrogen-bond donors (Lipinski definition) is 0. The molecule has 0 N–H and O–H groups in total. The first kappa shape index (κ1) is 17.4. The molecule has 1 atom stereocenters. The van der Waals surface area contributed by atoms with E-state index in [1.807, 2.05) is 0 Å². The topological polar surface area (TPSA) is 29.5 Å². The Morgan fingerprint density at radius 1 is 1.17 bits per heavy atom. The van der Waals surface area contributed by atoms with E-state index in [9.17, 15) is 4.79 Å². The predicted molar refractivity (Wildman–Crippen MR) is 76.6 cm³/mol. The summed E-state index contributed by atoms with van der Waals surface area (Å²) < 4.78 is 4.96. The van der Waals surface area contributed by atoms with Crippen LogP contribution in [0.1, 0.15) is 59.8 Å². The molecule has 0 aromatic rings. The van der Waals surface area contributed by atoms with Gasteiger partial charge < -0.3 is 4.74 Å². The summed E-state index contributed by atoms with van der Waals surface area (Å²) in [6, 6.07) is -0.0550. The molecule has 0 saturated carbocycles. The Hall–Kier alpha value is -0.570. The van der Waals surface area contributed by atoms with Crippen LogP contribution in [0.2, 0.25) is 0 Å². The van der Waals surface area contributed by atoms with Gasteiger partial charge in [-0.3, -0.25) is 9.69 Å². The zero-order valence-corrected chi connectivity index (χ0v) is 12.9. The van der Waals surface area contributed by atoms with Crippen LogP contribution in [0.5, 0.6) is 0 Å². The van der Waals surface area contributed by atoms with Gasteiger partial charge in [0.1, 0.15) is 6.04 Å². The van der Waals surface area contributed by atoms with Crippen molar-refractivity contribution in [2.75, 3.05) is 20.2 Å². The molecule has 0 amide bonds. The van der Waals surface area contributed by atoms with Gasteiger partial charge in [-0.2, -0.15) is 0 Å². The smallest absolute Gasteiger partial charge is 0.323 e. The average molecular weight is 257 g/mol. The number of rotatable bonds is 10. The number of esters is 1. The molecule has 0 aliphatic carbocycles. The quantitative estimate of drug-likeness (QED) is 0.561. The van der Waals surface area contributed by atoms with Gasteiger partial charge in [-0.25, -0.2) is 0 Å². The van der Waals surface area contributed by atoms with Gasteiger partial charge in [-0.05, 0) is 18.9 Å². The van der Waals surface area contributed by atoms with Gasteiger partial charge in [0.05, 0.1) is 7.11 Å². The summed E-state index contributed by atoms with van der Waals surface area (Å²) in [5, 5.41) is 0. The number of hydrogen-bond acceptors (Lipinski definition) is 3. The summed E-state index contributed by atoms with van der Waals surface area (Å²) in [6.45, 7) is 10.7. The Morgan fingerprint density at radius 3 is 2.17 bits per heavy atom. The lowest BCUT2D eigenvalue weighted by Crippen LogP contribution is -2.44. The maximum Gasteiger partial charge on any atom is 0.323 e. The molecule has 0 fully saturated rings. The lowest BCUT2D eigenvalue weighted by molar-refractivity contribution is -0.147. The average Bonchev–Trinajstić information content (AvgIpc) is 2.41. The highest BCUT2D eigenvalue weighted by atomic mass is 16.5. The second-order valence-electron chi connectivity index (χ2n) is 4.95. The molecule has 3 heteroatoms. The van der Waals surface area contributed by atoms with Crippen LogP contribution >= 0.6 is 0 Å². The van der Waals surface area contributed by atoms with Crippen LogP contribution in [0.4, 0.5) is 0 Å². The number of unbranched alkanes of at least 4 members (excludes halogenated alkanes) is 1. The van der Waals surface area contributed by atoms with Gasteiger partial charge in [0.25, 0.3) is 0 Å². The summed E-state index contributed by atoms with van der Waals surface area (Å²) in [6.07, 6.45) is 5.47. The highest BCUT2D eigenvalue weighted by Gasteiger charge is 2.26. The number of likely N-dealkylation sites (N-methyl/N-ethyl adjacent to an activating group) is 1. The Labute approximate surface area is 113 Å². The molecular weight excluding hydrogens is 226 g/mol. The lowest BCUT2D eigenvalue weighted by Gasteiger charge is -2.31. The van der Waals surface area contributed by atoms with Crippen LogP contribution in [0.3, 0.4) is 0 Å². The minimum atomic E-state index is -0.0729. The van der Waals surface area contributed by atoms with Crippen LogP contribution in [0.25, 0.3) is 0 Å². The molecule has 0 bridgehead atoms. The third-order valence-corrected chi connectivity index (χ3v) is 3.80. The van der Waals surface area contributed by atoms with Gasteiger partial charge in [-0.1, -0.05) is 53.4 Å². The molecule has 0 rings (SSSR count). The van der Waals surface area contributed by atoms with E-state index in [0.29, 0.717) is 5.92 Å². The summed E-state index contributed by atoms with van der Waals surface area (Å²) in [4.78, 5) is 14.2. The Kier molecular flexibility index (Phi) is 10.0. The fourth-order valence-electron chi connectivity index (χ4n) is 2.34. The first-order chi connectivity index (χ1) is 8.64. The maximum absolute atomic E-state index is 11.9. The van der Waals surface area contributed by atoms with Crippen LogP contribution in [-0.4, -0.2) is 37.1 Å². The minimum absolute atomic E-state index is 0.0550. The first-order valence-corrected chi connectivity index (χ1v) is 7.46. The molecular formula is C15H31NO2. The minimum Gasteiger partial charge on any atom is -0.468 e. The summed E-state index contributed by atoms with van der Waals surface area (Å²) in [5.41, 5.74) is 0. The summed E-state index contributed by atoms with van der Waals surface area (Å²) >= 11 is 0. The van der Waals surface area contributed by atoms with Crippen LogP contribution < -0.4 is 0 Å². The van der Waals surface area contributed by atoms with E-state index in [4.69, 9.17) is 4.74 Å². The summed E-state index contributed by atoms with van der Waals surface area (Å²) in [5.74, 6) is 0.606. The number of ether oxygens (including phenoxy) is 1. The molecule has 0 spiro atoms. The first-order valence-electron chi connectivity index (χ1n) is 7.46. The van der Waals surface area contributed by atoms with Crippen molar-refractivity contribution in [1.29, 1.82) is 0 Å². The van der Waals surface area contributed by atoms with E-state index in [-0.39, 0.29) is 12.0 Å². The molecule has 0 aromatic heterocycles. The number of carbonyl (C=O) groups excluding carboxylic acids is 1. The molecule has 0 aromatic carbocycles. The van der Waals surface area contributed by atoms with E-state index in [1.54, 1.807) is 0 Å². The number of carbonyl (C=O) groups is 1. The van der Waals surface area contributed by atoms with Crippen LogP contribution in [-0.2, 0) is 9.53 Å². The molecule has 0 aliphatic rings. The monoisotopic (exact) mass is 257 g/mol. The van der Waals surface area contributed by atoms with Crippen molar-refractivity contribution < 1.29 is 9.53 Å². The van der Waals surface area contributed by atoms with Gasteiger partial charge >= 0.3 is 5.97 Å². The van der Waals surface area contributed by atoms with Crippen molar-refractivity contribution in [2.45, 2.75) is 65.8 Å². The standard InChI is InChI=1S/C15H31NO2/c1-6-10-11-14(15(17)18-5)16(9-4)12-13(7-2)8-3/h13-14H,6-12H2,1-5H3. The molecule has 0 saturated heterocycles. The highest BCUT2D eigenvalue weighted by Crippen LogP contribution is 2.16. The zero-order valence-electron chi connectivity index (χ0n) is 12.9. The molecule has 3 nitrogen and oxygen atoms in total. The molecule has 108 valence electrons. The van der Waals surface area contributed by atoms with E-state index < -0.39 is 0 Å². The third-order valence-electron chi connectivity index (χ3n) is 3.80. The lowest BCUT2D eigenvalue weighted by atomic mass is 10.0. The Bertz CT molecular complexity index is 215. The van der Waals surface area contributed by atoms with Crippen molar-refractivity contribution in [3.05, 3.63) is 0 Å². The van der Waals surface area contributed by atoms with Crippen molar-refractivity contribution in [3.63, 3.8) is 0 Å². The normalized spacial score (nSPS) is 13.1. The van der Waals surface area contributed by atoms with Crippen molar-refractivity contribution in [1.82, 2.24) is 4.90 Å².